The second kappa shape index (κ2) is 10.5. The van der Waals surface area contributed by atoms with Gasteiger partial charge in [-0.15, -0.1) is 0 Å². The first-order chi connectivity index (χ1) is 16.7. The van der Waals surface area contributed by atoms with Crippen LogP contribution in [0.3, 0.4) is 0 Å². The van der Waals surface area contributed by atoms with E-state index in [1.165, 1.54) is 17.5 Å². The van der Waals surface area contributed by atoms with Crippen LogP contribution in [0.2, 0.25) is 0 Å². The summed E-state index contributed by atoms with van der Waals surface area (Å²) in [5.41, 5.74) is 10.5. The predicted octanol–water partition coefficient (Wildman–Crippen LogP) is 4.69. The van der Waals surface area contributed by atoms with Crippen LogP contribution in [0.15, 0.2) is 36.7 Å². The molecule has 4 rings (SSSR count). The van der Waals surface area contributed by atoms with Crippen LogP contribution in [-0.2, 0) is 9.59 Å². The number of carbonyl (C=O) groups is 2. The van der Waals surface area contributed by atoms with Gasteiger partial charge < -0.3 is 16.0 Å². The summed E-state index contributed by atoms with van der Waals surface area (Å²) >= 11 is 0. The van der Waals surface area contributed by atoms with Crippen molar-refractivity contribution >= 4 is 11.8 Å². The standard InChI is InChI=1S/C29H40N4O2/c1-19-13-20(2)15-22(14-19)23-16-24(18-32-17-23)25-11-8-12-33(25)27(34)26(21-9-6-5-7-10-21)29(3,31-4)28(30)35/h13-18,21,25-26,31H,5-12H2,1-4H3,(H2,30,35)/t25-,26+,29?/m0/s1. The van der Waals surface area contributed by atoms with E-state index in [4.69, 9.17) is 5.73 Å². The second-order valence-corrected chi connectivity index (χ2v) is 10.8. The first kappa shape index (κ1) is 25.4. The Morgan fingerprint density at radius 3 is 2.31 bits per heavy atom. The van der Waals surface area contributed by atoms with Crippen LogP contribution in [-0.4, -0.2) is 40.8 Å². The maximum absolute atomic E-state index is 14.2. The molecule has 3 atom stereocenters. The van der Waals surface area contributed by atoms with Crippen LogP contribution >= 0.6 is 0 Å². The molecule has 1 saturated carbocycles. The maximum Gasteiger partial charge on any atom is 0.238 e. The van der Waals surface area contributed by atoms with Gasteiger partial charge in [0.15, 0.2) is 0 Å². The smallest absolute Gasteiger partial charge is 0.238 e. The molecule has 2 aromatic rings. The summed E-state index contributed by atoms with van der Waals surface area (Å²) < 4.78 is 0. The molecule has 0 radical (unpaired) electrons. The number of pyridine rings is 1. The van der Waals surface area contributed by atoms with Crippen molar-refractivity contribution < 1.29 is 9.59 Å². The fourth-order valence-electron chi connectivity index (χ4n) is 6.31. The molecule has 1 aromatic carbocycles. The first-order valence-electron chi connectivity index (χ1n) is 13.1. The van der Waals surface area contributed by atoms with E-state index in [-0.39, 0.29) is 17.9 Å². The molecule has 6 heteroatoms. The number of amides is 2. The minimum absolute atomic E-state index is 0.0408. The van der Waals surface area contributed by atoms with E-state index in [0.29, 0.717) is 6.54 Å². The Kier molecular flexibility index (Phi) is 7.60. The third-order valence-electron chi connectivity index (χ3n) is 8.28. The Hall–Kier alpha value is -2.73. The number of nitrogens with zero attached hydrogens (tertiary/aromatic N) is 2. The molecule has 6 nitrogen and oxygen atoms in total. The number of aryl methyl sites for hydroxylation is 2. The highest BCUT2D eigenvalue weighted by atomic mass is 16.2. The van der Waals surface area contributed by atoms with Gasteiger partial charge in [0.25, 0.3) is 0 Å². The van der Waals surface area contributed by atoms with Crippen molar-refractivity contribution in [1.29, 1.82) is 0 Å². The number of rotatable bonds is 7. The molecule has 2 heterocycles. The third-order valence-corrected chi connectivity index (χ3v) is 8.28. The summed E-state index contributed by atoms with van der Waals surface area (Å²) in [5, 5.41) is 3.14. The zero-order valence-corrected chi connectivity index (χ0v) is 21.6. The van der Waals surface area contributed by atoms with E-state index in [9.17, 15) is 9.59 Å². The molecular weight excluding hydrogens is 436 g/mol. The van der Waals surface area contributed by atoms with Crippen molar-refractivity contribution in [3.05, 3.63) is 53.3 Å². The monoisotopic (exact) mass is 476 g/mol. The topological polar surface area (TPSA) is 88.3 Å². The highest BCUT2D eigenvalue weighted by molar-refractivity contribution is 5.93. The minimum atomic E-state index is -1.08. The number of carbonyl (C=O) groups excluding carboxylic acids is 2. The van der Waals surface area contributed by atoms with Crippen LogP contribution in [0, 0.1) is 25.7 Å². The van der Waals surface area contributed by atoms with E-state index in [0.717, 1.165) is 55.2 Å². The van der Waals surface area contributed by atoms with Crippen molar-refractivity contribution in [3.63, 3.8) is 0 Å². The van der Waals surface area contributed by atoms with Crippen LogP contribution in [0.5, 0.6) is 0 Å². The van der Waals surface area contributed by atoms with Crippen LogP contribution in [0.1, 0.15) is 74.6 Å². The molecule has 2 fully saturated rings. The fourth-order valence-corrected chi connectivity index (χ4v) is 6.31. The van der Waals surface area contributed by atoms with Gasteiger partial charge in [-0.05, 0) is 76.6 Å². The summed E-state index contributed by atoms with van der Waals surface area (Å²) in [7, 11) is 1.74. The largest absolute Gasteiger partial charge is 0.368 e. The number of benzene rings is 1. The van der Waals surface area contributed by atoms with Crippen molar-refractivity contribution in [2.45, 2.75) is 77.3 Å². The molecule has 1 saturated heterocycles. The number of aromatic nitrogens is 1. The molecule has 188 valence electrons. The lowest BCUT2D eigenvalue weighted by Crippen LogP contribution is -2.63. The Morgan fingerprint density at radius 2 is 1.69 bits per heavy atom. The van der Waals surface area contributed by atoms with E-state index < -0.39 is 17.4 Å². The minimum Gasteiger partial charge on any atom is -0.368 e. The first-order valence-corrected chi connectivity index (χ1v) is 13.1. The number of nitrogens with two attached hydrogens (primary N) is 1. The molecule has 1 aromatic heterocycles. The van der Waals surface area contributed by atoms with Gasteiger partial charge in [-0.1, -0.05) is 48.6 Å². The van der Waals surface area contributed by atoms with Gasteiger partial charge in [0.2, 0.25) is 11.8 Å². The van der Waals surface area contributed by atoms with Crippen LogP contribution in [0.25, 0.3) is 11.1 Å². The van der Waals surface area contributed by atoms with Gasteiger partial charge in [0.05, 0.1) is 12.0 Å². The number of primary amides is 1. The maximum atomic E-state index is 14.2. The number of hydrogen-bond donors (Lipinski definition) is 2. The van der Waals surface area contributed by atoms with E-state index in [1.54, 1.807) is 14.0 Å². The molecule has 2 amide bonds. The predicted molar refractivity (Wildman–Crippen MR) is 140 cm³/mol. The summed E-state index contributed by atoms with van der Waals surface area (Å²) in [6.45, 7) is 6.71. The van der Waals surface area contributed by atoms with Crippen LogP contribution < -0.4 is 11.1 Å². The summed E-state index contributed by atoms with van der Waals surface area (Å²) in [6.07, 6.45) is 10.9. The molecular formula is C29H40N4O2. The van der Waals surface area contributed by atoms with Gasteiger partial charge in [-0.3, -0.25) is 14.6 Å². The molecule has 2 aliphatic rings. The van der Waals surface area contributed by atoms with Gasteiger partial charge >= 0.3 is 0 Å². The summed E-state index contributed by atoms with van der Waals surface area (Å²) in [5.74, 6) is -0.728. The fraction of sp³-hybridized carbons (Fsp3) is 0.552. The van der Waals surface area contributed by atoms with Crippen molar-refractivity contribution in [1.82, 2.24) is 15.2 Å². The highest BCUT2D eigenvalue weighted by Gasteiger charge is 2.50. The number of hydrogen-bond acceptors (Lipinski definition) is 4. The SMILES string of the molecule is CNC(C)(C(N)=O)[C@@H](C(=O)N1CCC[C@H]1c1cncc(-c2cc(C)cc(C)c2)c1)C1CCCCC1. The summed E-state index contributed by atoms with van der Waals surface area (Å²) in [6, 6.07) is 8.66. The van der Waals surface area contributed by atoms with Gasteiger partial charge in [0, 0.05) is 24.5 Å². The molecule has 1 aliphatic carbocycles. The number of likely N-dealkylation sites (N-methyl/N-ethyl adjacent to an activating group) is 1. The van der Waals surface area contributed by atoms with Crippen molar-refractivity contribution in [2.75, 3.05) is 13.6 Å². The van der Waals surface area contributed by atoms with Crippen LogP contribution in [0.4, 0.5) is 0 Å². The Bertz CT molecular complexity index is 1060. The Balaban J connectivity index is 1.67. The van der Waals surface area contributed by atoms with E-state index >= 15 is 0 Å². The molecule has 0 spiro atoms. The Morgan fingerprint density at radius 1 is 1.00 bits per heavy atom. The van der Waals surface area contributed by atoms with Gasteiger partial charge in [-0.25, -0.2) is 0 Å². The Labute approximate surface area is 209 Å². The van der Waals surface area contributed by atoms with Gasteiger partial charge in [-0.2, -0.15) is 0 Å². The zero-order chi connectivity index (χ0) is 25.2. The molecule has 0 bridgehead atoms. The molecule has 35 heavy (non-hydrogen) atoms. The molecule has 3 N–H and O–H groups in total. The number of likely N-dealkylation sites (tertiary alicyclic amines) is 1. The highest BCUT2D eigenvalue weighted by Crippen LogP contribution is 2.41. The average molecular weight is 477 g/mol. The number of nitrogens with one attached hydrogen (secondary N) is 1. The lowest BCUT2D eigenvalue weighted by molar-refractivity contribution is -0.147. The van der Waals surface area contributed by atoms with Gasteiger partial charge in [0.1, 0.15) is 5.54 Å². The quantitative estimate of drug-likeness (QED) is 0.607. The lowest BCUT2D eigenvalue weighted by atomic mass is 9.69. The normalized spacial score (nSPS) is 21.5. The van der Waals surface area contributed by atoms with Crippen molar-refractivity contribution in [2.24, 2.45) is 17.6 Å². The lowest BCUT2D eigenvalue weighted by Gasteiger charge is -2.43. The molecule has 1 unspecified atom stereocenters. The average Bonchev–Trinajstić information content (AvgIpc) is 3.34. The zero-order valence-electron chi connectivity index (χ0n) is 21.6. The molecule has 1 aliphatic heterocycles. The van der Waals surface area contributed by atoms with Crippen molar-refractivity contribution in [3.8, 4) is 11.1 Å². The summed E-state index contributed by atoms with van der Waals surface area (Å²) in [4.78, 5) is 33.4. The third kappa shape index (κ3) is 5.13. The van der Waals surface area contributed by atoms with E-state index in [2.05, 4.69) is 48.4 Å². The van der Waals surface area contributed by atoms with E-state index in [1.807, 2.05) is 17.3 Å². The second-order valence-electron chi connectivity index (χ2n) is 10.8.